The van der Waals surface area contributed by atoms with Crippen molar-refractivity contribution in [1.29, 1.82) is 0 Å². The SMILES string of the molecule is O=C(O)c1ccc(CNC(=O)c2cc(-c3ccc(F)cc3)cc3snc(Cc4cc5ccccc5cc4F)c23)cc1. The van der Waals surface area contributed by atoms with Crippen LogP contribution in [0.1, 0.15) is 37.5 Å². The van der Waals surface area contributed by atoms with Gasteiger partial charge in [-0.05, 0) is 93.1 Å². The number of carbonyl (C=O) groups excluding carboxylic acids is 1. The highest BCUT2D eigenvalue weighted by atomic mass is 32.1. The Balaban J connectivity index is 1.39. The van der Waals surface area contributed by atoms with Crippen LogP contribution in [0.25, 0.3) is 32.0 Å². The van der Waals surface area contributed by atoms with Crippen molar-refractivity contribution in [2.75, 3.05) is 0 Å². The quantitative estimate of drug-likeness (QED) is 0.209. The first-order chi connectivity index (χ1) is 19.9. The van der Waals surface area contributed by atoms with Gasteiger partial charge < -0.3 is 10.4 Å². The molecule has 1 heterocycles. The third kappa shape index (κ3) is 5.42. The van der Waals surface area contributed by atoms with Crippen LogP contribution in [0.4, 0.5) is 8.78 Å². The minimum absolute atomic E-state index is 0.156. The van der Waals surface area contributed by atoms with Gasteiger partial charge in [0.05, 0.1) is 21.5 Å². The predicted octanol–water partition coefficient (Wildman–Crippen LogP) is 7.61. The third-order valence-corrected chi connectivity index (χ3v) is 7.82. The molecule has 0 saturated carbocycles. The van der Waals surface area contributed by atoms with Crippen LogP contribution in [-0.4, -0.2) is 21.4 Å². The fourth-order valence-electron chi connectivity index (χ4n) is 4.86. The molecular formula is C33H22F2N2O3S. The number of carbonyl (C=O) groups is 2. The van der Waals surface area contributed by atoms with E-state index in [-0.39, 0.29) is 36.1 Å². The Labute approximate surface area is 237 Å². The molecule has 2 N–H and O–H groups in total. The molecule has 8 heteroatoms. The van der Waals surface area contributed by atoms with E-state index in [2.05, 4.69) is 9.69 Å². The summed E-state index contributed by atoms with van der Waals surface area (Å²) >= 11 is 1.22. The van der Waals surface area contributed by atoms with Crippen molar-refractivity contribution in [3.05, 3.63) is 137 Å². The first-order valence-electron chi connectivity index (χ1n) is 12.8. The highest BCUT2D eigenvalue weighted by molar-refractivity contribution is 7.13. The predicted molar refractivity (Wildman–Crippen MR) is 156 cm³/mol. The Hall–Kier alpha value is -4.95. The Kier molecular flexibility index (Phi) is 6.99. The summed E-state index contributed by atoms with van der Waals surface area (Å²) in [4.78, 5) is 24.8. The zero-order valence-electron chi connectivity index (χ0n) is 21.5. The molecule has 0 bridgehead atoms. The maximum atomic E-state index is 15.1. The Morgan fingerprint density at radius 3 is 2.24 bits per heavy atom. The molecule has 1 aromatic heterocycles. The monoisotopic (exact) mass is 564 g/mol. The molecule has 0 atom stereocenters. The van der Waals surface area contributed by atoms with Crippen LogP contribution in [0, 0.1) is 11.6 Å². The molecule has 0 unspecified atom stereocenters. The van der Waals surface area contributed by atoms with Crippen molar-refractivity contribution < 1.29 is 23.5 Å². The first-order valence-corrected chi connectivity index (χ1v) is 13.6. The summed E-state index contributed by atoms with van der Waals surface area (Å²) < 4.78 is 34.1. The van der Waals surface area contributed by atoms with Crippen LogP contribution in [0.5, 0.6) is 0 Å². The number of carboxylic acid groups (broad SMARTS) is 1. The maximum Gasteiger partial charge on any atom is 0.335 e. The van der Waals surface area contributed by atoms with E-state index in [1.165, 1.54) is 41.9 Å². The van der Waals surface area contributed by atoms with E-state index in [0.29, 0.717) is 22.2 Å². The molecule has 41 heavy (non-hydrogen) atoms. The molecule has 0 aliphatic rings. The van der Waals surface area contributed by atoms with Gasteiger partial charge >= 0.3 is 5.97 Å². The average molecular weight is 565 g/mol. The second kappa shape index (κ2) is 10.9. The van der Waals surface area contributed by atoms with Gasteiger partial charge in [-0.15, -0.1) is 0 Å². The molecule has 1 amide bonds. The number of amides is 1. The van der Waals surface area contributed by atoms with Gasteiger partial charge in [-0.2, -0.15) is 4.37 Å². The van der Waals surface area contributed by atoms with E-state index in [1.807, 2.05) is 36.4 Å². The molecule has 0 aliphatic carbocycles. The van der Waals surface area contributed by atoms with Crippen LogP contribution < -0.4 is 5.32 Å². The molecule has 6 rings (SSSR count). The van der Waals surface area contributed by atoms with E-state index in [0.717, 1.165) is 32.2 Å². The minimum atomic E-state index is -1.03. The number of fused-ring (bicyclic) bond motifs is 2. The number of benzene rings is 5. The summed E-state index contributed by atoms with van der Waals surface area (Å²) in [5.41, 5.74) is 3.78. The summed E-state index contributed by atoms with van der Waals surface area (Å²) in [6.07, 6.45) is 0.198. The van der Waals surface area contributed by atoms with E-state index in [4.69, 9.17) is 5.11 Å². The molecule has 202 valence electrons. The van der Waals surface area contributed by atoms with Crippen LogP contribution in [0.2, 0.25) is 0 Å². The molecule has 5 aromatic carbocycles. The average Bonchev–Trinajstić information content (AvgIpc) is 3.39. The van der Waals surface area contributed by atoms with Crippen molar-refractivity contribution in [1.82, 2.24) is 9.69 Å². The lowest BCUT2D eigenvalue weighted by molar-refractivity contribution is 0.0696. The number of nitrogens with zero attached hydrogens (tertiary/aromatic N) is 1. The minimum Gasteiger partial charge on any atom is -0.478 e. The Bertz CT molecular complexity index is 1930. The number of carboxylic acids is 1. The number of aromatic carboxylic acids is 1. The highest BCUT2D eigenvalue weighted by Crippen LogP contribution is 2.34. The lowest BCUT2D eigenvalue weighted by Crippen LogP contribution is -2.23. The van der Waals surface area contributed by atoms with Gasteiger partial charge in [0.2, 0.25) is 0 Å². The lowest BCUT2D eigenvalue weighted by atomic mass is 9.96. The van der Waals surface area contributed by atoms with E-state index in [9.17, 15) is 14.0 Å². The van der Waals surface area contributed by atoms with Crippen molar-refractivity contribution in [2.45, 2.75) is 13.0 Å². The largest absolute Gasteiger partial charge is 0.478 e. The number of hydrogen-bond donors (Lipinski definition) is 2. The Morgan fingerprint density at radius 2 is 1.54 bits per heavy atom. The molecule has 0 spiro atoms. The fraction of sp³-hybridized carbons (Fsp3) is 0.0606. The zero-order valence-corrected chi connectivity index (χ0v) is 22.3. The number of rotatable bonds is 7. The normalized spacial score (nSPS) is 11.2. The third-order valence-electron chi connectivity index (χ3n) is 6.99. The summed E-state index contributed by atoms with van der Waals surface area (Å²) in [6.45, 7) is 0.174. The van der Waals surface area contributed by atoms with Gasteiger partial charge in [-0.25, -0.2) is 13.6 Å². The second-order valence-electron chi connectivity index (χ2n) is 9.69. The molecule has 0 aliphatic heterocycles. The summed E-state index contributed by atoms with van der Waals surface area (Å²) in [7, 11) is 0. The van der Waals surface area contributed by atoms with Crippen LogP contribution in [-0.2, 0) is 13.0 Å². The Morgan fingerprint density at radius 1 is 0.829 bits per heavy atom. The van der Waals surface area contributed by atoms with Gasteiger partial charge in [0.1, 0.15) is 11.6 Å². The van der Waals surface area contributed by atoms with Gasteiger partial charge in [0.25, 0.3) is 5.91 Å². The molecule has 6 aromatic rings. The summed E-state index contributed by atoms with van der Waals surface area (Å²) in [5, 5.41) is 14.4. The van der Waals surface area contributed by atoms with Crippen molar-refractivity contribution >= 4 is 44.3 Å². The maximum absolute atomic E-state index is 15.1. The topological polar surface area (TPSA) is 79.3 Å². The van der Waals surface area contributed by atoms with E-state index in [1.54, 1.807) is 30.3 Å². The van der Waals surface area contributed by atoms with Gasteiger partial charge in [-0.1, -0.05) is 48.5 Å². The van der Waals surface area contributed by atoms with Crippen LogP contribution in [0.3, 0.4) is 0 Å². The molecular weight excluding hydrogens is 542 g/mol. The lowest BCUT2D eigenvalue weighted by Gasteiger charge is -2.11. The number of nitrogens with one attached hydrogen (secondary N) is 1. The highest BCUT2D eigenvalue weighted by Gasteiger charge is 2.20. The molecule has 0 fully saturated rings. The zero-order chi connectivity index (χ0) is 28.5. The molecule has 0 saturated heterocycles. The summed E-state index contributed by atoms with van der Waals surface area (Å²) in [5.74, 6) is -2.09. The second-order valence-corrected chi connectivity index (χ2v) is 10.5. The number of hydrogen-bond acceptors (Lipinski definition) is 4. The van der Waals surface area contributed by atoms with E-state index < -0.39 is 5.97 Å². The van der Waals surface area contributed by atoms with E-state index >= 15 is 4.39 Å². The van der Waals surface area contributed by atoms with Gasteiger partial charge in [0.15, 0.2) is 0 Å². The van der Waals surface area contributed by atoms with Gasteiger partial charge in [0, 0.05) is 18.4 Å². The smallest absolute Gasteiger partial charge is 0.335 e. The fourth-order valence-corrected chi connectivity index (χ4v) is 5.73. The van der Waals surface area contributed by atoms with Crippen LogP contribution >= 0.6 is 11.5 Å². The standard InChI is InChI=1S/C33H22F2N2O3S/c34-26-11-9-20(10-12-26)24-14-27(32(38)36-18-19-5-7-21(8-6-19)33(39)40)31-29(37-41-30(31)17-24)16-25-13-22-3-1-2-4-23(22)15-28(25)35/h1-15,17H,16,18H2,(H,36,38)(H,39,40). The molecule has 5 nitrogen and oxygen atoms in total. The van der Waals surface area contributed by atoms with Crippen molar-refractivity contribution in [3.8, 4) is 11.1 Å². The van der Waals surface area contributed by atoms with Crippen molar-refractivity contribution in [2.24, 2.45) is 0 Å². The molecule has 0 radical (unpaired) electrons. The first kappa shape index (κ1) is 26.3. The number of aromatic nitrogens is 1. The van der Waals surface area contributed by atoms with Crippen LogP contribution in [0.15, 0.2) is 97.1 Å². The van der Waals surface area contributed by atoms with Gasteiger partial charge in [-0.3, -0.25) is 4.79 Å². The van der Waals surface area contributed by atoms with Crippen molar-refractivity contribution in [3.63, 3.8) is 0 Å². The number of halogens is 2. The summed E-state index contributed by atoms with van der Waals surface area (Å²) in [6, 6.07) is 26.8.